The number of allylic oxidation sites excluding steroid dienone is 1. The number of aliphatic hydroxyl groups excluding tert-OH is 1. The molecule has 1 N–H and O–H groups in total. The van der Waals surface area contributed by atoms with Crippen LogP contribution in [0.25, 0.3) is 0 Å². The average molecular weight is 290 g/mol. The molecule has 0 aromatic heterocycles. The van der Waals surface area contributed by atoms with Gasteiger partial charge in [-0.3, -0.25) is 0 Å². The van der Waals surface area contributed by atoms with E-state index in [1.807, 2.05) is 32.0 Å². The maximum atomic E-state index is 11.8. The highest BCUT2D eigenvalue weighted by Crippen LogP contribution is 2.39. The second-order valence-electron chi connectivity index (χ2n) is 5.63. The van der Waals surface area contributed by atoms with Crippen LogP contribution in [-0.2, 0) is 9.47 Å². The summed E-state index contributed by atoms with van der Waals surface area (Å²) in [6.07, 6.45) is 3.74. The molecule has 1 aromatic rings. The van der Waals surface area contributed by atoms with Gasteiger partial charge in [0.05, 0.1) is 17.8 Å². The molecule has 1 saturated heterocycles. The predicted molar refractivity (Wildman–Crippen MR) is 80.1 cm³/mol. The minimum atomic E-state index is -0.304. The fraction of sp³-hybridized carbons (Fsp3) is 0.471. The van der Waals surface area contributed by atoms with Gasteiger partial charge in [0.1, 0.15) is 12.7 Å². The van der Waals surface area contributed by atoms with Gasteiger partial charge in [-0.1, -0.05) is 24.3 Å². The lowest BCUT2D eigenvalue weighted by atomic mass is 10.0. The van der Waals surface area contributed by atoms with Crippen molar-refractivity contribution in [3.05, 3.63) is 47.5 Å². The zero-order valence-corrected chi connectivity index (χ0v) is 12.5. The van der Waals surface area contributed by atoms with Crippen LogP contribution in [0.5, 0.6) is 0 Å². The largest absolute Gasteiger partial charge is 0.458 e. The van der Waals surface area contributed by atoms with Crippen LogP contribution in [-0.4, -0.2) is 36.0 Å². The van der Waals surface area contributed by atoms with Gasteiger partial charge in [-0.05, 0) is 44.4 Å². The molecule has 0 spiro atoms. The zero-order valence-electron chi connectivity index (χ0n) is 12.5. The molecule has 114 valence electrons. The molecular formula is C17H22O4. The molecule has 1 fully saturated rings. The molecule has 1 aromatic carbocycles. The number of ether oxygens (including phenoxy) is 2. The molecule has 2 atom stereocenters. The SMILES string of the molecule is C/C(=C\CC[C@@]1(C)O[C@@H]1CO)COC(=O)c1ccccc1. The van der Waals surface area contributed by atoms with E-state index in [2.05, 4.69) is 6.08 Å². The third-order valence-corrected chi connectivity index (χ3v) is 3.78. The monoisotopic (exact) mass is 290 g/mol. The summed E-state index contributed by atoms with van der Waals surface area (Å²) in [5, 5.41) is 9.01. The molecule has 0 amide bonds. The molecular weight excluding hydrogens is 268 g/mol. The molecule has 1 heterocycles. The molecule has 2 rings (SSSR count). The van der Waals surface area contributed by atoms with E-state index in [4.69, 9.17) is 14.6 Å². The smallest absolute Gasteiger partial charge is 0.338 e. The number of esters is 1. The first-order valence-electron chi connectivity index (χ1n) is 7.21. The maximum absolute atomic E-state index is 11.8. The number of carbonyl (C=O) groups is 1. The second-order valence-corrected chi connectivity index (χ2v) is 5.63. The standard InChI is InChI=1S/C17H22O4/c1-13(7-6-10-17(2)15(11-18)21-17)12-20-16(19)14-8-4-3-5-9-14/h3-5,7-9,15,18H,6,10-12H2,1-2H3/b13-7+/t15-,17-/m1/s1. The minimum Gasteiger partial charge on any atom is -0.458 e. The van der Waals surface area contributed by atoms with Crippen molar-refractivity contribution in [3.8, 4) is 0 Å². The molecule has 4 heteroatoms. The Morgan fingerprint density at radius 3 is 2.76 bits per heavy atom. The Morgan fingerprint density at radius 2 is 2.14 bits per heavy atom. The lowest BCUT2D eigenvalue weighted by molar-refractivity contribution is 0.0539. The van der Waals surface area contributed by atoms with Crippen LogP contribution in [0.3, 0.4) is 0 Å². The summed E-state index contributed by atoms with van der Waals surface area (Å²) in [4.78, 5) is 11.8. The summed E-state index contributed by atoms with van der Waals surface area (Å²) in [5.41, 5.74) is 1.39. The first-order chi connectivity index (χ1) is 10.0. The van der Waals surface area contributed by atoms with E-state index < -0.39 is 0 Å². The third-order valence-electron chi connectivity index (χ3n) is 3.78. The van der Waals surface area contributed by atoms with Crippen molar-refractivity contribution in [2.45, 2.75) is 38.4 Å². The molecule has 0 bridgehead atoms. The molecule has 1 aliphatic rings. The topological polar surface area (TPSA) is 59.1 Å². The van der Waals surface area contributed by atoms with Gasteiger partial charge in [-0.2, -0.15) is 0 Å². The highest BCUT2D eigenvalue weighted by Gasteiger charge is 2.50. The summed E-state index contributed by atoms with van der Waals surface area (Å²) in [7, 11) is 0. The average Bonchev–Trinajstić information content (AvgIpc) is 3.16. The highest BCUT2D eigenvalue weighted by atomic mass is 16.6. The van der Waals surface area contributed by atoms with Gasteiger partial charge >= 0.3 is 5.97 Å². The Labute approximate surface area is 125 Å². The van der Waals surface area contributed by atoms with Crippen LogP contribution in [0.15, 0.2) is 42.0 Å². The van der Waals surface area contributed by atoms with E-state index in [-0.39, 0.29) is 24.3 Å². The molecule has 0 saturated carbocycles. The summed E-state index contributed by atoms with van der Waals surface area (Å²) < 4.78 is 10.7. The Kier molecular flexibility index (Phi) is 5.15. The van der Waals surface area contributed by atoms with E-state index in [0.717, 1.165) is 18.4 Å². The molecule has 4 nitrogen and oxygen atoms in total. The van der Waals surface area contributed by atoms with E-state index in [1.54, 1.807) is 12.1 Å². The fourth-order valence-electron chi connectivity index (χ4n) is 2.24. The maximum Gasteiger partial charge on any atom is 0.338 e. The second kappa shape index (κ2) is 6.87. The van der Waals surface area contributed by atoms with Crippen LogP contribution >= 0.6 is 0 Å². The fourth-order valence-corrected chi connectivity index (χ4v) is 2.24. The number of epoxide rings is 1. The predicted octanol–water partition coefficient (Wildman–Crippen LogP) is 2.72. The minimum absolute atomic E-state index is 0.0258. The Hall–Kier alpha value is -1.65. The van der Waals surface area contributed by atoms with E-state index in [0.29, 0.717) is 12.2 Å². The van der Waals surface area contributed by atoms with E-state index in [9.17, 15) is 4.79 Å². The van der Waals surface area contributed by atoms with Crippen LogP contribution in [0.1, 0.15) is 37.0 Å². The van der Waals surface area contributed by atoms with Crippen molar-refractivity contribution in [2.75, 3.05) is 13.2 Å². The van der Waals surface area contributed by atoms with Crippen LogP contribution in [0.2, 0.25) is 0 Å². The summed E-state index contributed by atoms with van der Waals surface area (Å²) in [6.45, 7) is 4.33. The number of rotatable bonds is 7. The lowest BCUT2D eigenvalue weighted by Gasteiger charge is -2.06. The van der Waals surface area contributed by atoms with Gasteiger partial charge in [-0.15, -0.1) is 0 Å². The number of carbonyl (C=O) groups excluding carboxylic acids is 1. The lowest BCUT2D eigenvalue weighted by Crippen LogP contribution is -2.12. The van der Waals surface area contributed by atoms with Crippen molar-refractivity contribution in [1.82, 2.24) is 0 Å². The van der Waals surface area contributed by atoms with Gasteiger partial charge in [-0.25, -0.2) is 4.79 Å². The number of hydrogen-bond donors (Lipinski definition) is 1. The van der Waals surface area contributed by atoms with Crippen molar-refractivity contribution in [3.63, 3.8) is 0 Å². The third kappa shape index (κ3) is 4.41. The first kappa shape index (κ1) is 15.7. The van der Waals surface area contributed by atoms with Crippen LogP contribution in [0.4, 0.5) is 0 Å². The summed E-state index contributed by atoms with van der Waals surface area (Å²) in [5.74, 6) is -0.304. The van der Waals surface area contributed by atoms with Crippen LogP contribution < -0.4 is 0 Å². The number of hydrogen-bond acceptors (Lipinski definition) is 4. The Morgan fingerprint density at radius 1 is 1.43 bits per heavy atom. The quantitative estimate of drug-likeness (QED) is 0.476. The van der Waals surface area contributed by atoms with Gasteiger partial charge in [0.15, 0.2) is 0 Å². The van der Waals surface area contributed by atoms with E-state index >= 15 is 0 Å². The summed E-state index contributed by atoms with van der Waals surface area (Å²) in [6, 6.07) is 8.96. The molecule has 1 aliphatic heterocycles. The Balaban J connectivity index is 1.71. The van der Waals surface area contributed by atoms with E-state index in [1.165, 1.54) is 0 Å². The number of benzene rings is 1. The van der Waals surface area contributed by atoms with Crippen molar-refractivity contribution >= 4 is 5.97 Å². The molecule has 21 heavy (non-hydrogen) atoms. The first-order valence-corrected chi connectivity index (χ1v) is 7.21. The van der Waals surface area contributed by atoms with Gasteiger partial charge in [0.2, 0.25) is 0 Å². The molecule has 0 radical (unpaired) electrons. The Bertz CT molecular complexity index is 509. The molecule has 0 unspecified atom stereocenters. The van der Waals surface area contributed by atoms with Crippen molar-refractivity contribution in [1.29, 1.82) is 0 Å². The summed E-state index contributed by atoms with van der Waals surface area (Å²) >= 11 is 0. The van der Waals surface area contributed by atoms with Gasteiger partial charge in [0, 0.05) is 0 Å². The van der Waals surface area contributed by atoms with Gasteiger partial charge in [0.25, 0.3) is 0 Å². The number of aliphatic hydroxyl groups is 1. The van der Waals surface area contributed by atoms with Crippen molar-refractivity contribution < 1.29 is 19.4 Å². The normalized spacial score (nSPS) is 24.7. The zero-order chi connectivity index (χ0) is 15.3. The highest BCUT2D eigenvalue weighted by molar-refractivity contribution is 5.89. The van der Waals surface area contributed by atoms with Crippen LogP contribution in [0, 0.1) is 0 Å². The van der Waals surface area contributed by atoms with Gasteiger partial charge < -0.3 is 14.6 Å². The van der Waals surface area contributed by atoms with Crippen molar-refractivity contribution in [2.24, 2.45) is 0 Å². The molecule has 0 aliphatic carbocycles.